The lowest BCUT2D eigenvalue weighted by molar-refractivity contribution is -0.132. The third kappa shape index (κ3) is 30.5. The van der Waals surface area contributed by atoms with Crippen molar-refractivity contribution in [2.45, 2.75) is 90.5 Å². The van der Waals surface area contributed by atoms with Crippen LogP contribution < -0.4 is 31.9 Å². The Balaban J connectivity index is 4.32. The van der Waals surface area contributed by atoms with Gasteiger partial charge in [-0.2, -0.15) is 0 Å². The fraction of sp³-hybridized carbons (Fsp3) is 0.842. The second-order valence-electron chi connectivity index (χ2n) is 13.5. The van der Waals surface area contributed by atoms with Gasteiger partial charge in [-0.15, -0.1) is 0 Å². The van der Waals surface area contributed by atoms with Crippen LogP contribution in [0.15, 0.2) is 0 Å². The number of carbonyl (C=O) groups is 6. The molecule has 0 saturated carbocycles. The number of hydrogen-bond acceptors (Lipinski definition) is 13. The van der Waals surface area contributed by atoms with Crippen molar-refractivity contribution in [2.24, 2.45) is 11.8 Å². The maximum atomic E-state index is 12.9. The molecule has 0 aromatic rings. The van der Waals surface area contributed by atoms with Crippen LogP contribution >= 0.6 is 0 Å². The largest absolute Gasteiger partial charge is 0.377 e. The summed E-state index contributed by atoms with van der Waals surface area (Å²) in [5.41, 5.74) is 0. The fourth-order valence-electron chi connectivity index (χ4n) is 5.56. The second-order valence-corrected chi connectivity index (χ2v) is 13.5. The first-order chi connectivity index (χ1) is 26.0. The molecule has 0 aliphatic carbocycles. The number of ether oxygens (including phenoxy) is 4. The van der Waals surface area contributed by atoms with Gasteiger partial charge < -0.3 is 50.8 Å². The molecule has 16 nitrogen and oxygen atoms in total. The van der Waals surface area contributed by atoms with Gasteiger partial charge in [-0.05, 0) is 92.6 Å². The van der Waals surface area contributed by atoms with E-state index in [1.54, 1.807) is 0 Å². The van der Waals surface area contributed by atoms with Crippen LogP contribution in [0.2, 0.25) is 0 Å². The third-order valence-corrected chi connectivity index (χ3v) is 8.58. The molecule has 0 spiro atoms. The Hall–Kier alpha value is -2.86. The van der Waals surface area contributed by atoms with E-state index >= 15 is 0 Å². The molecule has 0 rings (SSSR count). The van der Waals surface area contributed by atoms with E-state index in [1.807, 2.05) is 21.1 Å². The summed E-state index contributed by atoms with van der Waals surface area (Å²) in [5.74, 6) is -1.75. The van der Waals surface area contributed by atoms with Crippen LogP contribution in [0.5, 0.6) is 0 Å². The highest BCUT2D eigenvalue weighted by Gasteiger charge is 2.22. The predicted octanol–water partition coefficient (Wildman–Crippen LogP) is 0.699. The van der Waals surface area contributed by atoms with Crippen molar-refractivity contribution in [1.29, 1.82) is 0 Å². The molecular formula is C38H72N6O10. The minimum Gasteiger partial charge on any atom is -0.377 e. The molecule has 0 fully saturated rings. The minimum atomic E-state index is -0.589. The van der Waals surface area contributed by atoms with E-state index in [1.165, 1.54) is 13.8 Å². The molecule has 6 N–H and O–H groups in total. The number of carbonyl (C=O) groups excluding carboxylic acids is 6. The number of rotatable bonds is 39. The van der Waals surface area contributed by atoms with Crippen molar-refractivity contribution >= 4 is 35.1 Å². The number of unbranched alkanes of at least 4 members (excludes halogenated alkanes) is 3. The van der Waals surface area contributed by atoms with E-state index < -0.39 is 12.0 Å². The maximum absolute atomic E-state index is 12.9. The normalized spacial score (nSPS) is 12.8. The van der Waals surface area contributed by atoms with Gasteiger partial charge in [-0.3, -0.25) is 28.8 Å². The highest BCUT2D eigenvalue weighted by atomic mass is 16.5. The van der Waals surface area contributed by atoms with E-state index in [4.69, 9.17) is 18.9 Å². The Bertz CT molecular complexity index is 1030. The lowest BCUT2D eigenvalue weighted by Crippen LogP contribution is -2.46. The third-order valence-electron chi connectivity index (χ3n) is 8.58. The molecule has 54 heavy (non-hydrogen) atoms. The molecule has 0 bridgehead atoms. The summed E-state index contributed by atoms with van der Waals surface area (Å²) in [4.78, 5) is 73.8. The molecule has 0 radical (unpaired) electrons. The van der Waals surface area contributed by atoms with E-state index in [9.17, 15) is 28.8 Å². The van der Waals surface area contributed by atoms with Crippen LogP contribution in [0.4, 0.5) is 0 Å². The number of ketones is 3. The van der Waals surface area contributed by atoms with Gasteiger partial charge in [-0.25, -0.2) is 0 Å². The molecule has 3 amide bonds. The number of hydrogen-bond donors (Lipinski definition) is 6. The molecule has 314 valence electrons. The van der Waals surface area contributed by atoms with Crippen molar-refractivity contribution in [3.05, 3.63) is 0 Å². The Kier molecular flexibility index (Phi) is 33.9. The SMILES string of the molecule is CNCCCC[C@@H](CC(=O)COCCOCCNC(=O)[C@@H](CCCCNC)CC(=O)COCCOCCNC(=O)[C@@H](CCCCNC)NC(C)=O)C(C)=O. The minimum absolute atomic E-state index is 0.0242. The van der Waals surface area contributed by atoms with Gasteiger partial charge in [0.25, 0.3) is 0 Å². The van der Waals surface area contributed by atoms with Crippen molar-refractivity contribution in [3.8, 4) is 0 Å². The lowest BCUT2D eigenvalue weighted by Gasteiger charge is -2.17. The molecule has 0 saturated heterocycles. The maximum Gasteiger partial charge on any atom is 0.242 e. The smallest absolute Gasteiger partial charge is 0.242 e. The topological polar surface area (TPSA) is 212 Å². The summed E-state index contributed by atoms with van der Waals surface area (Å²) in [6.45, 7) is 7.18. The summed E-state index contributed by atoms with van der Waals surface area (Å²) in [6.07, 6.45) is 7.27. The van der Waals surface area contributed by atoms with Gasteiger partial charge in [0.15, 0.2) is 11.6 Å². The van der Waals surface area contributed by atoms with E-state index in [0.717, 1.165) is 58.2 Å². The van der Waals surface area contributed by atoms with Crippen molar-refractivity contribution in [1.82, 2.24) is 31.9 Å². The van der Waals surface area contributed by atoms with Gasteiger partial charge in [-0.1, -0.05) is 12.8 Å². The van der Waals surface area contributed by atoms with Crippen molar-refractivity contribution in [2.75, 3.05) is 107 Å². The predicted molar refractivity (Wildman–Crippen MR) is 207 cm³/mol. The molecule has 0 aliphatic rings. The highest BCUT2D eigenvalue weighted by molar-refractivity contribution is 5.88. The first-order valence-electron chi connectivity index (χ1n) is 19.7. The summed E-state index contributed by atoms with van der Waals surface area (Å²) >= 11 is 0. The Labute approximate surface area is 323 Å². The van der Waals surface area contributed by atoms with E-state index in [-0.39, 0.29) is 120 Å². The van der Waals surface area contributed by atoms with Gasteiger partial charge in [0.1, 0.15) is 25.0 Å². The average Bonchev–Trinajstić information content (AvgIpc) is 3.13. The monoisotopic (exact) mass is 773 g/mol. The fourth-order valence-corrected chi connectivity index (χ4v) is 5.56. The van der Waals surface area contributed by atoms with Crippen LogP contribution in [0, 0.1) is 11.8 Å². The van der Waals surface area contributed by atoms with Crippen LogP contribution in [-0.2, 0) is 47.7 Å². The molecule has 3 atom stereocenters. The number of amides is 3. The molecular weight excluding hydrogens is 700 g/mol. The summed E-state index contributed by atoms with van der Waals surface area (Å²) in [7, 11) is 5.62. The molecule has 0 heterocycles. The molecule has 0 aromatic heterocycles. The second kappa shape index (κ2) is 35.8. The van der Waals surface area contributed by atoms with Crippen molar-refractivity contribution < 1.29 is 47.7 Å². The number of Topliss-reactive ketones (excluding diaryl/α,β-unsaturated/α-hetero) is 3. The highest BCUT2D eigenvalue weighted by Crippen LogP contribution is 2.15. The summed E-state index contributed by atoms with van der Waals surface area (Å²) < 4.78 is 22.0. The Morgan fingerprint density at radius 3 is 1.37 bits per heavy atom. The standard InChI is InChI=1S/C38H72N6O10/c1-30(45)32(12-6-9-15-39-3)26-34(47)28-53-24-22-51-20-18-42-37(49)33(13-7-10-16-40-4)27-35(48)29-54-25-23-52-21-19-43-38(50)36(44-31(2)46)14-8-11-17-41-5/h32-33,36,39-41H,6-29H2,1-5H3,(H,42,49)(H,43,50)(H,44,46)/t32-,33-,36+/m0/s1. The zero-order chi connectivity index (χ0) is 40.2. The molecule has 16 heteroatoms. The first kappa shape index (κ1) is 51.1. The van der Waals surface area contributed by atoms with Gasteiger partial charge in [0.05, 0.1) is 39.6 Å². The quantitative estimate of drug-likeness (QED) is 0.0476. The average molecular weight is 773 g/mol. The van der Waals surface area contributed by atoms with Crippen LogP contribution in [0.3, 0.4) is 0 Å². The van der Waals surface area contributed by atoms with Crippen molar-refractivity contribution in [3.63, 3.8) is 0 Å². The first-order valence-corrected chi connectivity index (χ1v) is 19.7. The van der Waals surface area contributed by atoms with Crippen LogP contribution in [0.1, 0.15) is 84.5 Å². The van der Waals surface area contributed by atoms with Crippen LogP contribution in [-0.4, -0.2) is 148 Å². The number of nitrogens with one attached hydrogen (secondary N) is 6. The van der Waals surface area contributed by atoms with Gasteiger partial charge >= 0.3 is 0 Å². The zero-order valence-electron chi connectivity index (χ0n) is 33.8. The summed E-state index contributed by atoms with van der Waals surface area (Å²) in [6, 6.07) is -0.589. The Morgan fingerprint density at radius 2 is 0.907 bits per heavy atom. The van der Waals surface area contributed by atoms with E-state index in [2.05, 4.69) is 31.9 Å². The molecule has 0 aromatic carbocycles. The molecule has 0 aliphatic heterocycles. The Morgan fingerprint density at radius 1 is 0.481 bits per heavy atom. The van der Waals surface area contributed by atoms with Gasteiger partial charge in [0, 0.05) is 44.7 Å². The molecule has 0 unspecified atom stereocenters. The van der Waals surface area contributed by atoms with Gasteiger partial charge in [0.2, 0.25) is 17.7 Å². The van der Waals surface area contributed by atoms with E-state index in [0.29, 0.717) is 19.3 Å². The van der Waals surface area contributed by atoms with Crippen LogP contribution in [0.25, 0.3) is 0 Å². The zero-order valence-corrected chi connectivity index (χ0v) is 33.8. The summed E-state index contributed by atoms with van der Waals surface area (Å²) in [5, 5.41) is 17.5. The lowest BCUT2D eigenvalue weighted by atomic mass is 9.93.